The molecule has 0 amide bonds. The van der Waals surface area contributed by atoms with Crippen molar-refractivity contribution in [1.29, 1.82) is 0 Å². The first-order chi connectivity index (χ1) is 7.52. The van der Waals surface area contributed by atoms with E-state index < -0.39 is 0 Å². The highest BCUT2D eigenvalue weighted by Crippen LogP contribution is 2.11. The normalized spacial score (nSPS) is 14.3. The zero-order valence-electron chi connectivity index (χ0n) is 11.8. The smallest absolute Gasteiger partial charge is 0.00488 e. The Hall–Kier alpha value is -0.980. The predicted octanol–water partition coefficient (Wildman–Crippen LogP) is 4.67. The van der Waals surface area contributed by atoms with E-state index in [1.165, 1.54) is 6.42 Å². The fraction of sp³-hybridized carbons (Fsp3) is 0.600. The second kappa shape index (κ2) is 12.1. The van der Waals surface area contributed by atoms with Crippen LogP contribution in [-0.2, 0) is 0 Å². The van der Waals surface area contributed by atoms with Gasteiger partial charge in [0.1, 0.15) is 0 Å². The maximum atomic E-state index is 5.49. The number of hydrogen-bond acceptors (Lipinski definition) is 1. The highest BCUT2D eigenvalue weighted by atomic mass is 14.5. The minimum absolute atomic E-state index is 0.655. The van der Waals surface area contributed by atoms with Crippen LogP contribution in [0.2, 0.25) is 0 Å². The Labute approximate surface area is 102 Å². The Morgan fingerprint density at radius 3 is 2.06 bits per heavy atom. The molecule has 0 rings (SSSR count). The number of hydrogen-bond donors (Lipinski definition) is 1. The Morgan fingerprint density at radius 1 is 1.06 bits per heavy atom. The maximum absolute atomic E-state index is 5.49. The molecule has 0 aromatic heterocycles. The van der Waals surface area contributed by atoms with Gasteiger partial charge < -0.3 is 5.73 Å². The Bertz CT molecular complexity index is 218. The molecule has 0 aromatic rings. The van der Waals surface area contributed by atoms with Gasteiger partial charge in [-0.25, -0.2) is 0 Å². The van der Waals surface area contributed by atoms with Gasteiger partial charge in [-0.15, -0.1) is 0 Å². The molecule has 0 bridgehead atoms. The molecule has 2 N–H and O–H groups in total. The lowest BCUT2D eigenvalue weighted by Crippen LogP contribution is -1.95. The molecule has 0 aliphatic rings. The standard InChI is InChI=1S/C13H23N.C2H6/c1-11(2)10-12(3)8-6-5-7-9-13(4)14;1-2/h5-9,11-12H,10,14H2,1-4H3;1-2H3/b7-5-,8-6+,13-9+;. The Balaban J connectivity index is 0. The Morgan fingerprint density at radius 2 is 1.62 bits per heavy atom. The molecule has 0 radical (unpaired) electrons. The number of nitrogens with two attached hydrogens (primary N) is 1. The zero-order valence-corrected chi connectivity index (χ0v) is 11.8. The molecule has 0 spiro atoms. The van der Waals surface area contributed by atoms with Crippen molar-refractivity contribution < 1.29 is 0 Å². The summed E-state index contributed by atoms with van der Waals surface area (Å²) < 4.78 is 0. The molecular weight excluding hydrogens is 194 g/mol. The minimum atomic E-state index is 0.655. The van der Waals surface area contributed by atoms with Crippen molar-refractivity contribution in [2.24, 2.45) is 17.6 Å². The molecule has 1 unspecified atom stereocenters. The molecule has 1 nitrogen and oxygen atoms in total. The van der Waals surface area contributed by atoms with E-state index in [1.54, 1.807) is 0 Å². The summed E-state index contributed by atoms with van der Waals surface area (Å²) in [4.78, 5) is 0. The minimum Gasteiger partial charge on any atom is -0.402 e. The highest BCUT2D eigenvalue weighted by Gasteiger charge is 1.99. The van der Waals surface area contributed by atoms with Gasteiger partial charge in [-0.2, -0.15) is 0 Å². The van der Waals surface area contributed by atoms with Gasteiger partial charge in [0.15, 0.2) is 0 Å². The van der Waals surface area contributed by atoms with Gasteiger partial charge in [0, 0.05) is 5.70 Å². The molecule has 0 aliphatic carbocycles. The lowest BCUT2D eigenvalue weighted by Gasteiger charge is -2.07. The summed E-state index contributed by atoms with van der Waals surface area (Å²) in [5.41, 5.74) is 6.32. The van der Waals surface area contributed by atoms with Crippen LogP contribution in [0.1, 0.15) is 48.0 Å². The third-order valence-corrected chi connectivity index (χ3v) is 1.86. The third-order valence-electron chi connectivity index (χ3n) is 1.86. The largest absolute Gasteiger partial charge is 0.402 e. The molecule has 0 aliphatic heterocycles. The summed E-state index contributed by atoms with van der Waals surface area (Å²) in [7, 11) is 0. The zero-order chi connectivity index (χ0) is 13.0. The molecule has 1 atom stereocenters. The van der Waals surface area contributed by atoms with Crippen LogP contribution in [0.4, 0.5) is 0 Å². The van der Waals surface area contributed by atoms with Crippen LogP contribution < -0.4 is 5.73 Å². The summed E-state index contributed by atoms with van der Waals surface area (Å²) in [6, 6.07) is 0. The molecular formula is C15H29N. The van der Waals surface area contributed by atoms with Crippen molar-refractivity contribution >= 4 is 0 Å². The quantitative estimate of drug-likeness (QED) is 0.673. The van der Waals surface area contributed by atoms with Gasteiger partial charge in [-0.05, 0) is 31.3 Å². The van der Waals surface area contributed by atoms with Gasteiger partial charge in [-0.1, -0.05) is 58.9 Å². The van der Waals surface area contributed by atoms with Gasteiger partial charge in [0.2, 0.25) is 0 Å². The first kappa shape index (κ1) is 17.4. The van der Waals surface area contributed by atoms with Gasteiger partial charge in [-0.3, -0.25) is 0 Å². The van der Waals surface area contributed by atoms with Crippen molar-refractivity contribution in [3.63, 3.8) is 0 Å². The van der Waals surface area contributed by atoms with E-state index in [9.17, 15) is 0 Å². The van der Waals surface area contributed by atoms with Crippen LogP contribution >= 0.6 is 0 Å². The second-order valence-electron chi connectivity index (χ2n) is 4.29. The fourth-order valence-electron chi connectivity index (χ4n) is 1.35. The van der Waals surface area contributed by atoms with E-state index in [-0.39, 0.29) is 0 Å². The lowest BCUT2D eigenvalue weighted by atomic mass is 9.99. The maximum Gasteiger partial charge on any atom is 0.00488 e. The topological polar surface area (TPSA) is 26.0 Å². The SMILES string of the molecule is CC.C\C(N)=C/C=C\C=C\C(C)CC(C)C. The monoisotopic (exact) mass is 223 g/mol. The van der Waals surface area contributed by atoms with E-state index in [0.717, 1.165) is 11.6 Å². The van der Waals surface area contributed by atoms with E-state index in [2.05, 4.69) is 32.9 Å². The van der Waals surface area contributed by atoms with Crippen LogP contribution in [0.5, 0.6) is 0 Å². The van der Waals surface area contributed by atoms with Gasteiger partial charge in [0.25, 0.3) is 0 Å². The first-order valence-corrected chi connectivity index (χ1v) is 6.29. The fourth-order valence-corrected chi connectivity index (χ4v) is 1.35. The summed E-state index contributed by atoms with van der Waals surface area (Å²) in [5, 5.41) is 0. The van der Waals surface area contributed by atoms with Crippen molar-refractivity contribution in [2.45, 2.75) is 48.0 Å². The summed E-state index contributed by atoms with van der Waals surface area (Å²) in [6.07, 6.45) is 11.5. The second-order valence-corrected chi connectivity index (χ2v) is 4.29. The van der Waals surface area contributed by atoms with E-state index in [1.807, 2.05) is 39.0 Å². The van der Waals surface area contributed by atoms with Crippen molar-refractivity contribution in [2.75, 3.05) is 0 Å². The average molecular weight is 223 g/mol. The molecule has 0 saturated carbocycles. The summed E-state index contributed by atoms with van der Waals surface area (Å²) in [6.45, 7) is 12.6. The van der Waals surface area contributed by atoms with Crippen molar-refractivity contribution in [3.8, 4) is 0 Å². The molecule has 16 heavy (non-hydrogen) atoms. The van der Waals surface area contributed by atoms with Crippen LogP contribution in [0, 0.1) is 11.8 Å². The number of allylic oxidation sites excluding steroid dienone is 6. The molecule has 0 saturated heterocycles. The van der Waals surface area contributed by atoms with Crippen molar-refractivity contribution in [3.05, 3.63) is 36.1 Å². The molecule has 0 fully saturated rings. The van der Waals surface area contributed by atoms with Crippen LogP contribution in [0.15, 0.2) is 36.1 Å². The van der Waals surface area contributed by atoms with Gasteiger partial charge in [0.05, 0.1) is 0 Å². The highest BCUT2D eigenvalue weighted by molar-refractivity contribution is 5.14. The Kier molecular flexibility index (Phi) is 13.2. The molecule has 0 aromatic carbocycles. The van der Waals surface area contributed by atoms with Crippen LogP contribution in [0.3, 0.4) is 0 Å². The molecule has 94 valence electrons. The van der Waals surface area contributed by atoms with Crippen LogP contribution in [0.25, 0.3) is 0 Å². The first-order valence-electron chi connectivity index (χ1n) is 6.29. The summed E-state index contributed by atoms with van der Waals surface area (Å²) >= 11 is 0. The lowest BCUT2D eigenvalue weighted by molar-refractivity contribution is 0.503. The van der Waals surface area contributed by atoms with E-state index >= 15 is 0 Å². The van der Waals surface area contributed by atoms with Crippen molar-refractivity contribution in [1.82, 2.24) is 0 Å². The third kappa shape index (κ3) is 15.5. The molecule has 0 heterocycles. The van der Waals surface area contributed by atoms with E-state index in [4.69, 9.17) is 5.73 Å². The summed E-state index contributed by atoms with van der Waals surface area (Å²) in [5.74, 6) is 1.42. The van der Waals surface area contributed by atoms with E-state index in [0.29, 0.717) is 5.92 Å². The average Bonchev–Trinajstić information content (AvgIpc) is 2.18. The molecule has 1 heteroatoms. The predicted molar refractivity (Wildman–Crippen MR) is 76.2 cm³/mol. The van der Waals surface area contributed by atoms with Gasteiger partial charge >= 0.3 is 0 Å². The number of rotatable bonds is 5. The van der Waals surface area contributed by atoms with Crippen LogP contribution in [-0.4, -0.2) is 0 Å².